The van der Waals surface area contributed by atoms with Gasteiger partial charge < -0.3 is 14.9 Å². The summed E-state index contributed by atoms with van der Waals surface area (Å²) in [5.74, 6) is -1.99. The van der Waals surface area contributed by atoms with Gasteiger partial charge in [-0.05, 0) is 64.3 Å². The van der Waals surface area contributed by atoms with Crippen LogP contribution in [-0.4, -0.2) is 34.5 Å². The van der Waals surface area contributed by atoms with Gasteiger partial charge in [-0.2, -0.15) is 0 Å². The Morgan fingerprint density at radius 3 is 1.88 bits per heavy atom. The highest BCUT2D eigenvalue weighted by Crippen LogP contribution is 2.28. The maximum Gasteiger partial charge on any atom is 0.407 e. The van der Waals surface area contributed by atoms with Crippen LogP contribution in [0.3, 0.4) is 0 Å². The number of carbonyl (C=O) groups excluding carboxylic acids is 4. The summed E-state index contributed by atoms with van der Waals surface area (Å²) in [5, 5.41) is 3.22. The summed E-state index contributed by atoms with van der Waals surface area (Å²) >= 11 is 0. The highest BCUT2D eigenvalue weighted by Gasteiger charge is 2.41. The maximum absolute atomic E-state index is 12.8. The Morgan fingerprint density at radius 2 is 1.36 bits per heavy atom. The number of rotatable bonds is 6. The minimum absolute atomic E-state index is 0.212. The molecule has 0 saturated carbocycles. The van der Waals surface area contributed by atoms with E-state index in [1.54, 1.807) is 46.8 Å². The van der Waals surface area contributed by atoms with E-state index in [1.807, 2.05) is 24.3 Å². The number of carbonyl (C=O) groups is 4. The molecule has 0 fully saturated rings. The van der Waals surface area contributed by atoms with E-state index in [0.717, 1.165) is 11.1 Å². The Bertz CT molecular complexity index is 1050. The first-order valence-corrected chi connectivity index (χ1v) is 10.6. The van der Waals surface area contributed by atoms with Gasteiger partial charge in [0.2, 0.25) is 0 Å². The summed E-state index contributed by atoms with van der Waals surface area (Å²) < 4.78 is 5.21. The number of amides is 3. The van der Waals surface area contributed by atoms with Crippen LogP contribution in [0.15, 0.2) is 48.5 Å². The van der Waals surface area contributed by atoms with Gasteiger partial charge in [0, 0.05) is 6.54 Å². The van der Waals surface area contributed by atoms with Crippen LogP contribution < -0.4 is 5.32 Å². The number of imide groups is 1. The van der Waals surface area contributed by atoms with Crippen LogP contribution in [0.1, 0.15) is 66.5 Å². The van der Waals surface area contributed by atoms with Gasteiger partial charge in [0.05, 0.1) is 16.5 Å². The van der Waals surface area contributed by atoms with E-state index < -0.39 is 34.9 Å². The monoisotopic (exact) mass is 452 g/mol. The fourth-order valence-corrected chi connectivity index (χ4v) is 3.30. The van der Waals surface area contributed by atoms with Crippen molar-refractivity contribution in [3.63, 3.8) is 0 Å². The van der Waals surface area contributed by atoms with Gasteiger partial charge in [0.15, 0.2) is 0 Å². The van der Waals surface area contributed by atoms with Gasteiger partial charge in [-0.25, -0.2) is 9.59 Å². The molecule has 174 valence electrons. The van der Waals surface area contributed by atoms with Crippen molar-refractivity contribution in [3.8, 4) is 0 Å². The maximum atomic E-state index is 12.8. The summed E-state index contributed by atoms with van der Waals surface area (Å²) in [4.78, 5) is 54.7. The van der Waals surface area contributed by atoms with Gasteiger partial charge in [-0.3, -0.25) is 9.59 Å². The third-order valence-electron chi connectivity index (χ3n) is 4.99. The highest BCUT2D eigenvalue weighted by atomic mass is 16.7. The van der Waals surface area contributed by atoms with E-state index in [4.69, 9.17) is 9.57 Å². The molecule has 2 aromatic carbocycles. The van der Waals surface area contributed by atoms with Crippen LogP contribution in [0.25, 0.3) is 0 Å². The van der Waals surface area contributed by atoms with Crippen molar-refractivity contribution >= 4 is 23.9 Å². The third kappa shape index (κ3) is 5.77. The van der Waals surface area contributed by atoms with Crippen molar-refractivity contribution in [1.29, 1.82) is 0 Å². The number of fused-ring (bicyclic) bond motifs is 1. The summed E-state index contributed by atoms with van der Waals surface area (Å²) in [6, 6.07) is 13.7. The molecule has 1 aliphatic rings. The molecule has 0 aromatic heterocycles. The second-order valence-corrected chi connectivity index (χ2v) is 9.56. The van der Waals surface area contributed by atoms with E-state index >= 15 is 0 Å². The summed E-state index contributed by atoms with van der Waals surface area (Å²) in [7, 11) is 0. The Balaban J connectivity index is 1.58. The summed E-state index contributed by atoms with van der Waals surface area (Å²) in [6.07, 6.45) is -0.169. The first-order valence-electron chi connectivity index (χ1n) is 10.6. The van der Waals surface area contributed by atoms with Crippen molar-refractivity contribution in [1.82, 2.24) is 10.4 Å². The smallest absolute Gasteiger partial charge is 0.407 e. The van der Waals surface area contributed by atoms with E-state index in [9.17, 15) is 19.2 Å². The zero-order valence-corrected chi connectivity index (χ0v) is 19.4. The molecule has 0 unspecified atom stereocenters. The number of ether oxygens (including phenoxy) is 1. The van der Waals surface area contributed by atoms with E-state index in [0.29, 0.717) is 18.0 Å². The minimum atomic E-state index is -0.994. The standard InChI is InChI=1S/C25H28N2O6/c1-24(2,3)32-23(31)26-15-17-12-10-16(11-13-17)14-25(4,5)22(30)33-27-20(28)18-8-6-7-9-19(18)21(27)29/h6-13H,14-15H2,1-5H3,(H,26,31). The van der Waals surface area contributed by atoms with Crippen LogP contribution in [-0.2, 0) is 27.3 Å². The van der Waals surface area contributed by atoms with Gasteiger partial charge in [0.25, 0.3) is 11.8 Å². The Labute approximate surface area is 192 Å². The number of hydroxylamine groups is 2. The lowest BCUT2D eigenvalue weighted by molar-refractivity contribution is -0.179. The van der Waals surface area contributed by atoms with E-state index in [-0.39, 0.29) is 11.1 Å². The molecule has 33 heavy (non-hydrogen) atoms. The lowest BCUT2D eigenvalue weighted by atomic mass is 9.86. The molecular formula is C25H28N2O6. The van der Waals surface area contributed by atoms with Gasteiger partial charge in [-0.1, -0.05) is 41.5 Å². The number of hydrogen-bond donors (Lipinski definition) is 1. The Hall–Kier alpha value is -3.68. The summed E-state index contributed by atoms with van der Waals surface area (Å²) in [6.45, 7) is 9.06. The molecule has 0 bridgehead atoms. The van der Waals surface area contributed by atoms with Crippen LogP contribution in [0, 0.1) is 5.41 Å². The largest absolute Gasteiger partial charge is 0.444 e. The number of alkyl carbamates (subject to hydrolysis) is 1. The van der Waals surface area contributed by atoms with Crippen molar-refractivity contribution in [2.45, 2.75) is 53.2 Å². The highest BCUT2D eigenvalue weighted by molar-refractivity contribution is 6.20. The quantitative estimate of drug-likeness (QED) is 0.664. The molecule has 3 rings (SSSR count). The minimum Gasteiger partial charge on any atom is -0.444 e. The fourth-order valence-electron chi connectivity index (χ4n) is 3.30. The molecule has 2 aromatic rings. The van der Waals surface area contributed by atoms with Crippen LogP contribution >= 0.6 is 0 Å². The first kappa shape index (κ1) is 24.0. The van der Waals surface area contributed by atoms with Crippen molar-refractivity contribution in [2.75, 3.05) is 0 Å². The van der Waals surface area contributed by atoms with E-state index in [2.05, 4.69) is 5.32 Å². The third-order valence-corrected chi connectivity index (χ3v) is 4.99. The van der Waals surface area contributed by atoms with Crippen molar-refractivity contribution in [3.05, 3.63) is 70.8 Å². The molecule has 1 aliphatic heterocycles. The van der Waals surface area contributed by atoms with Gasteiger partial charge >= 0.3 is 12.1 Å². The molecular weight excluding hydrogens is 424 g/mol. The molecule has 1 heterocycles. The second-order valence-electron chi connectivity index (χ2n) is 9.56. The number of nitrogens with one attached hydrogen (secondary N) is 1. The number of hydrogen-bond acceptors (Lipinski definition) is 6. The fraction of sp³-hybridized carbons (Fsp3) is 0.360. The molecule has 0 aliphatic carbocycles. The average Bonchev–Trinajstić information content (AvgIpc) is 2.97. The lowest BCUT2D eigenvalue weighted by Crippen LogP contribution is -2.39. The van der Waals surface area contributed by atoms with E-state index in [1.165, 1.54) is 12.1 Å². The average molecular weight is 453 g/mol. The predicted octanol–water partition coefficient (Wildman–Crippen LogP) is 4.03. The zero-order chi connectivity index (χ0) is 24.4. The topological polar surface area (TPSA) is 102 Å². The number of nitrogens with zero attached hydrogens (tertiary/aromatic N) is 1. The molecule has 0 atom stereocenters. The molecule has 3 amide bonds. The van der Waals surface area contributed by atoms with Gasteiger partial charge in [0.1, 0.15) is 5.60 Å². The molecule has 1 N–H and O–H groups in total. The van der Waals surface area contributed by atoms with Gasteiger partial charge in [-0.15, -0.1) is 0 Å². The molecule has 0 spiro atoms. The van der Waals surface area contributed by atoms with Crippen LogP contribution in [0.2, 0.25) is 0 Å². The van der Waals surface area contributed by atoms with Crippen LogP contribution in [0.4, 0.5) is 4.79 Å². The normalized spacial score (nSPS) is 13.5. The van der Waals surface area contributed by atoms with Crippen molar-refractivity contribution in [2.24, 2.45) is 5.41 Å². The first-order chi connectivity index (χ1) is 15.4. The number of benzene rings is 2. The predicted molar refractivity (Wildman–Crippen MR) is 120 cm³/mol. The van der Waals surface area contributed by atoms with Crippen LogP contribution in [0.5, 0.6) is 0 Å². The molecule has 0 radical (unpaired) electrons. The SMILES string of the molecule is CC(C)(C)OC(=O)NCc1ccc(CC(C)(C)C(=O)ON2C(=O)c3ccccc3C2=O)cc1. The Morgan fingerprint density at radius 1 is 0.848 bits per heavy atom. The summed E-state index contributed by atoms with van der Waals surface area (Å²) in [5.41, 5.74) is 0.594. The zero-order valence-electron chi connectivity index (χ0n) is 19.4. The van der Waals surface area contributed by atoms with Crippen molar-refractivity contribution < 1.29 is 28.8 Å². The Kier molecular flexibility index (Phi) is 6.58. The molecule has 8 nitrogen and oxygen atoms in total. The molecule has 0 saturated heterocycles. The second kappa shape index (κ2) is 9.05. The lowest BCUT2D eigenvalue weighted by Gasteiger charge is -2.24. The molecule has 8 heteroatoms.